The summed E-state index contributed by atoms with van der Waals surface area (Å²) >= 11 is 0. The van der Waals surface area contributed by atoms with Gasteiger partial charge in [0.15, 0.2) is 0 Å². The molecule has 5 rings (SSSR count). The lowest BCUT2D eigenvalue weighted by Gasteiger charge is -2.46. The Kier molecular flexibility index (Phi) is 3.37. The zero-order chi connectivity index (χ0) is 17.0. The minimum absolute atomic E-state index is 0.0967. The summed E-state index contributed by atoms with van der Waals surface area (Å²) in [5, 5.41) is 1.19. The molecule has 2 aromatic rings. The molecule has 130 valence electrons. The highest BCUT2D eigenvalue weighted by atomic mass is 16.2. The average Bonchev–Trinajstić information content (AvgIpc) is 3.02. The smallest absolute Gasteiger partial charge is 0.246 e. The molecule has 1 aliphatic carbocycles. The Bertz CT molecular complexity index is 850. The van der Waals surface area contributed by atoms with Crippen LogP contribution >= 0.6 is 0 Å². The Morgan fingerprint density at radius 1 is 0.960 bits per heavy atom. The number of hydrogen-bond acceptors (Lipinski definition) is 2. The van der Waals surface area contributed by atoms with Crippen molar-refractivity contribution in [3.05, 3.63) is 35.5 Å². The van der Waals surface area contributed by atoms with Crippen molar-refractivity contribution in [2.45, 2.75) is 57.2 Å². The fourth-order valence-electron chi connectivity index (χ4n) is 4.90. The van der Waals surface area contributed by atoms with Gasteiger partial charge < -0.3 is 14.8 Å². The summed E-state index contributed by atoms with van der Waals surface area (Å²) in [6.45, 7) is 0.785. The summed E-state index contributed by atoms with van der Waals surface area (Å²) in [7, 11) is 0. The zero-order valence-electron chi connectivity index (χ0n) is 14.3. The molecule has 0 spiro atoms. The molecule has 2 fully saturated rings. The molecule has 1 aromatic heterocycles. The molecule has 2 amide bonds. The number of aromatic amines is 1. The number of carbonyl (C=O) groups excluding carboxylic acids is 2. The molecule has 1 aromatic carbocycles. The molecule has 0 unspecified atom stereocenters. The number of rotatable bonds is 1. The van der Waals surface area contributed by atoms with Crippen LogP contribution in [0.5, 0.6) is 0 Å². The second kappa shape index (κ2) is 5.61. The number of nitrogens with one attached hydrogen (secondary N) is 1. The highest BCUT2D eigenvalue weighted by Gasteiger charge is 2.44. The van der Waals surface area contributed by atoms with Gasteiger partial charge >= 0.3 is 0 Å². The van der Waals surface area contributed by atoms with E-state index < -0.39 is 0 Å². The third-order valence-corrected chi connectivity index (χ3v) is 6.21. The lowest BCUT2D eigenvalue weighted by molar-refractivity contribution is -0.160. The van der Waals surface area contributed by atoms with E-state index in [1.54, 1.807) is 4.90 Å². The fraction of sp³-hybridized carbons (Fsp3) is 0.500. The van der Waals surface area contributed by atoms with Crippen LogP contribution in [0.15, 0.2) is 24.3 Å². The SMILES string of the molecule is O=C1[C@H]2Cc3c([nH]c4ccccc34)CN2C(=O)CN1C1CCCCC1. The minimum Gasteiger partial charge on any atom is -0.357 e. The molecule has 1 saturated heterocycles. The van der Waals surface area contributed by atoms with Gasteiger partial charge in [0.2, 0.25) is 11.8 Å². The molecular weight excluding hydrogens is 314 g/mol. The minimum atomic E-state index is -0.324. The summed E-state index contributed by atoms with van der Waals surface area (Å²) in [5.74, 6) is 0.252. The Morgan fingerprint density at radius 2 is 1.76 bits per heavy atom. The highest BCUT2D eigenvalue weighted by Crippen LogP contribution is 2.34. The molecule has 1 N–H and O–H groups in total. The number of carbonyl (C=O) groups is 2. The molecule has 3 heterocycles. The van der Waals surface area contributed by atoms with E-state index >= 15 is 0 Å². The molecule has 5 nitrogen and oxygen atoms in total. The van der Waals surface area contributed by atoms with Gasteiger partial charge in [0.05, 0.1) is 6.54 Å². The number of para-hydroxylation sites is 1. The van der Waals surface area contributed by atoms with E-state index in [2.05, 4.69) is 17.1 Å². The topological polar surface area (TPSA) is 56.4 Å². The predicted molar refractivity (Wildman–Crippen MR) is 94.9 cm³/mol. The highest BCUT2D eigenvalue weighted by molar-refractivity contribution is 5.97. The Hall–Kier alpha value is -2.30. The summed E-state index contributed by atoms with van der Waals surface area (Å²) < 4.78 is 0. The number of amides is 2. The number of aromatic nitrogens is 1. The first-order valence-electron chi connectivity index (χ1n) is 9.41. The van der Waals surface area contributed by atoms with Crippen LogP contribution in [0.1, 0.15) is 43.4 Å². The maximum Gasteiger partial charge on any atom is 0.246 e. The van der Waals surface area contributed by atoms with Gasteiger partial charge in [0.25, 0.3) is 0 Å². The summed E-state index contributed by atoms with van der Waals surface area (Å²) in [4.78, 5) is 33.1. The van der Waals surface area contributed by atoms with Crippen molar-refractivity contribution in [2.24, 2.45) is 0 Å². The van der Waals surface area contributed by atoms with Crippen molar-refractivity contribution in [2.75, 3.05) is 6.54 Å². The Labute approximate surface area is 147 Å². The van der Waals surface area contributed by atoms with Crippen LogP contribution < -0.4 is 0 Å². The number of piperazine rings is 1. The van der Waals surface area contributed by atoms with Gasteiger partial charge in [0.1, 0.15) is 12.6 Å². The molecule has 25 heavy (non-hydrogen) atoms. The van der Waals surface area contributed by atoms with Crippen LogP contribution in [0.25, 0.3) is 10.9 Å². The van der Waals surface area contributed by atoms with Crippen LogP contribution in [-0.2, 0) is 22.6 Å². The summed E-state index contributed by atoms with van der Waals surface area (Å²) in [6.07, 6.45) is 6.31. The quantitative estimate of drug-likeness (QED) is 0.870. The number of benzene rings is 1. The van der Waals surface area contributed by atoms with Crippen LogP contribution in [0.2, 0.25) is 0 Å². The second-order valence-corrected chi connectivity index (χ2v) is 7.63. The van der Waals surface area contributed by atoms with Crippen molar-refractivity contribution in [3.8, 4) is 0 Å². The monoisotopic (exact) mass is 337 g/mol. The van der Waals surface area contributed by atoms with E-state index in [1.165, 1.54) is 30.2 Å². The largest absolute Gasteiger partial charge is 0.357 e. The van der Waals surface area contributed by atoms with E-state index in [0.717, 1.165) is 24.1 Å². The van der Waals surface area contributed by atoms with Gasteiger partial charge in [-0.2, -0.15) is 0 Å². The average molecular weight is 337 g/mol. The van der Waals surface area contributed by atoms with E-state index in [9.17, 15) is 9.59 Å². The van der Waals surface area contributed by atoms with Gasteiger partial charge in [-0.1, -0.05) is 37.5 Å². The molecule has 1 saturated carbocycles. The second-order valence-electron chi connectivity index (χ2n) is 7.63. The third kappa shape index (κ3) is 2.29. The van der Waals surface area contributed by atoms with Crippen LogP contribution in [0.4, 0.5) is 0 Å². The fourth-order valence-corrected chi connectivity index (χ4v) is 4.90. The summed E-state index contributed by atoms with van der Waals surface area (Å²) in [5.41, 5.74) is 3.39. The van der Waals surface area contributed by atoms with E-state index in [1.807, 2.05) is 17.0 Å². The van der Waals surface area contributed by atoms with Gasteiger partial charge in [-0.15, -0.1) is 0 Å². The van der Waals surface area contributed by atoms with Gasteiger partial charge in [-0.25, -0.2) is 0 Å². The van der Waals surface area contributed by atoms with Gasteiger partial charge in [-0.05, 0) is 24.5 Å². The van der Waals surface area contributed by atoms with Gasteiger partial charge in [0, 0.05) is 29.1 Å². The van der Waals surface area contributed by atoms with E-state index in [4.69, 9.17) is 0 Å². The van der Waals surface area contributed by atoms with Crippen molar-refractivity contribution in [1.82, 2.24) is 14.8 Å². The molecule has 0 radical (unpaired) electrons. The molecule has 1 atom stereocenters. The molecule has 3 aliphatic rings. The first kappa shape index (κ1) is 15.0. The van der Waals surface area contributed by atoms with Crippen molar-refractivity contribution in [3.63, 3.8) is 0 Å². The lowest BCUT2D eigenvalue weighted by atomic mass is 9.90. The molecule has 5 heteroatoms. The lowest BCUT2D eigenvalue weighted by Crippen LogP contribution is -2.63. The normalized spacial score (nSPS) is 24.6. The number of fused-ring (bicyclic) bond motifs is 4. The predicted octanol–water partition coefficient (Wildman–Crippen LogP) is 2.60. The summed E-state index contributed by atoms with van der Waals surface area (Å²) in [6, 6.07) is 8.15. The Balaban J connectivity index is 1.49. The zero-order valence-corrected chi connectivity index (χ0v) is 14.3. The number of nitrogens with zero attached hydrogens (tertiary/aromatic N) is 2. The number of hydrogen-bond donors (Lipinski definition) is 1. The maximum absolute atomic E-state index is 13.2. The molecule has 2 aliphatic heterocycles. The van der Waals surface area contributed by atoms with Crippen LogP contribution in [0.3, 0.4) is 0 Å². The first-order valence-corrected chi connectivity index (χ1v) is 9.41. The van der Waals surface area contributed by atoms with E-state index in [0.29, 0.717) is 13.0 Å². The van der Waals surface area contributed by atoms with Crippen molar-refractivity contribution in [1.29, 1.82) is 0 Å². The maximum atomic E-state index is 13.2. The molecule has 0 bridgehead atoms. The van der Waals surface area contributed by atoms with Crippen LogP contribution in [-0.4, -0.2) is 45.2 Å². The van der Waals surface area contributed by atoms with Gasteiger partial charge in [-0.3, -0.25) is 9.59 Å². The standard InChI is InChI=1S/C20H23N3O2/c24-19-12-22(13-6-2-1-3-7-13)20(25)18-10-15-14-8-4-5-9-16(14)21-17(15)11-23(18)19/h4-5,8-9,13,18,21H,1-3,6-7,10-12H2/t18-/m1/s1. The van der Waals surface area contributed by atoms with Crippen molar-refractivity contribution < 1.29 is 9.59 Å². The number of H-pyrrole nitrogens is 1. The van der Waals surface area contributed by atoms with Crippen molar-refractivity contribution >= 4 is 22.7 Å². The third-order valence-electron chi connectivity index (χ3n) is 6.21. The first-order chi connectivity index (χ1) is 12.2. The van der Waals surface area contributed by atoms with E-state index in [-0.39, 0.29) is 30.4 Å². The molecular formula is C20H23N3O2. The Morgan fingerprint density at radius 3 is 2.60 bits per heavy atom. The van der Waals surface area contributed by atoms with Crippen LogP contribution in [0, 0.1) is 0 Å².